The molecule has 4 unspecified atom stereocenters. The Hall–Kier alpha value is -3.41. The highest BCUT2D eigenvalue weighted by atomic mass is 35.7. The van der Waals surface area contributed by atoms with Crippen LogP contribution in [0.4, 0.5) is 11.4 Å². The summed E-state index contributed by atoms with van der Waals surface area (Å²) in [5.74, 6) is 3.25. The monoisotopic (exact) mass is 860 g/mol. The zero-order valence-electron chi connectivity index (χ0n) is 35.4. The fraction of sp³-hybridized carbons (Fsp3) is 0.500. The highest BCUT2D eigenvalue weighted by molar-refractivity contribution is 8.13. The van der Waals surface area contributed by atoms with E-state index in [0.29, 0.717) is 35.8 Å². The Labute approximate surface area is 359 Å². The van der Waals surface area contributed by atoms with E-state index in [9.17, 15) is 16.8 Å². The van der Waals surface area contributed by atoms with Gasteiger partial charge in [-0.3, -0.25) is 4.72 Å². The van der Waals surface area contributed by atoms with Gasteiger partial charge in [0.25, 0.3) is 0 Å². The van der Waals surface area contributed by atoms with Gasteiger partial charge in [-0.25, -0.2) is 16.8 Å². The molecule has 4 aromatic carbocycles. The Kier molecular flexibility index (Phi) is 14.9. The molecule has 0 spiro atoms. The van der Waals surface area contributed by atoms with Crippen LogP contribution < -0.4 is 10.5 Å². The number of sulfonamides is 1. The van der Waals surface area contributed by atoms with E-state index in [-0.39, 0.29) is 16.9 Å². The van der Waals surface area contributed by atoms with Crippen LogP contribution >= 0.6 is 10.7 Å². The largest absolute Gasteiger partial charge is 0.399 e. The molecule has 8 rings (SSSR count). The van der Waals surface area contributed by atoms with Gasteiger partial charge in [-0.1, -0.05) is 113 Å². The van der Waals surface area contributed by atoms with Crippen LogP contribution in [0.5, 0.6) is 0 Å². The summed E-state index contributed by atoms with van der Waals surface area (Å²) >= 11 is 0. The average molecular weight is 862 g/mol. The molecule has 4 aromatic rings. The Balaban J connectivity index is 0.000000174. The number of nitrogens with zero attached hydrogens (tertiary/aromatic N) is 2. The van der Waals surface area contributed by atoms with E-state index >= 15 is 0 Å². The number of nitrogens with one attached hydrogen (secondary N) is 1. The summed E-state index contributed by atoms with van der Waals surface area (Å²) in [5.41, 5.74) is 13.7. The normalized spacial score (nSPS) is 25.8. The molecule has 0 aromatic heterocycles. The zero-order valence-corrected chi connectivity index (χ0v) is 37.8. The molecular weight excluding hydrogens is 796 g/mol. The first-order valence-electron chi connectivity index (χ1n) is 21.6. The quantitative estimate of drug-likeness (QED) is 0.0855. The van der Waals surface area contributed by atoms with Crippen LogP contribution in [0.3, 0.4) is 0 Å². The molecule has 0 bridgehead atoms. The van der Waals surface area contributed by atoms with Crippen molar-refractivity contribution in [3.05, 3.63) is 131 Å². The Morgan fingerprint density at radius 2 is 1.07 bits per heavy atom. The lowest BCUT2D eigenvalue weighted by molar-refractivity contribution is 0.274. The highest BCUT2D eigenvalue weighted by Gasteiger charge is 2.66. The Morgan fingerprint density at radius 3 is 1.47 bits per heavy atom. The van der Waals surface area contributed by atoms with Crippen molar-refractivity contribution < 1.29 is 16.8 Å². The number of rotatable bonds is 16. The number of benzene rings is 4. The van der Waals surface area contributed by atoms with Crippen molar-refractivity contribution >= 4 is 41.1 Å². The van der Waals surface area contributed by atoms with Crippen LogP contribution in [0.25, 0.3) is 0 Å². The fourth-order valence-electron chi connectivity index (χ4n) is 9.98. The molecule has 0 amide bonds. The van der Waals surface area contributed by atoms with Crippen LogP contribution in [0.1, 0.15) is 75.6 Å². The summed E-state index contributed by atoms with van der Waals surface area (Å²) in [4.78, 5) is 5.26. The van der Waals surface area contributed by atoms with Gasteiger partial charge in [-0.05, 0) is 122 Å². The van der Waals surface area contributed by atoms with Crippen LogP contribution in [0.15, 0.2) is 109 Å². The molecule has 0 radical (unpaired) electrons. The van der Waals surface area contributed by atoms with Gasteiger partial charge in [-0.2, -0.15) is 0 Å². The van der Waals surface area contributed by atoms with E-state index in [4.69, 9.17) is 16.4 Å². The molecule has 3 N–H and O–H groups in total. The second-order valence-electron chi connectivity index (χ2n) is 17.6. The molecule has 2 aliphatic heterocycles. The van der Waals surface area contributed by atoms with Crippen molar-refractivity contribution in [2.75, 3.05) is 61.2 Å². The van der Waals surface area contributed by atoms with Crippen LogP contribution in [0.2, 0.25) is 0 Å². The number of fused-ring (bicyclic) bond motifs is 2. The third-order valence-corrected chi connectivity index (χ3v) is 16.3. The number of hydrogen-bond donors (Lipinski definition) is 2. The van der Waals surface area contributed by atoms with E-state index in [1.807, 2.05) is 31.2 Å². The maximum absolute atomic E-state index is 12.1. The Morgan fingerprint density at radius 1 is 0.627 bits per heavy atom. The minimum absolute atomic E-state index is 0.0779. The minimum Gasteiger partial charge on any atom is -0.399 e. The van der Waals surface area contributed by atoms with Crippen molar-refractivity contribution in [2.45, 2.75) is 77.0 Å². The summed E-state index contributed by atoms with van der Waals surface area (Å²) in [6.07, 6.45) is 6.01. The lowest BCUT2D eigenvalue weighted by Gasteiger charge is -2.25. The van der Waals surface area contributed by atoms with Gasteiger partial charge in [0.05, 0.1) is 11.5 Å². The van der Waals surface area contributed by atoms with Crippen molar-refractivity contribution in [2.24, 2.45) is 23.7 Å². The standard InChI is InChI=1S/C24H32N2O2S.C21H26N2.C3H7ClO2S/c1-3-15-29(27,28)25-21-13-7-12-20(16-21)24(2)22-17-26(18-23(22)24)14-8-11-19-9-5-4-6-10-19;1-21(17-10-5-11-18(22)13-17)19-14-23(15-20(19)21)12-6-9-16-7-3-2-4-8-16;1-2-3-7(4,5)6/h4-7,9-10,12-13,16,22-23,25H,3,8,11,14-15,17-18H2,1-2H3;2-5,7-8,10-11,13,19-20H,6,9,12,14-15,22H2,1H3;2-3H2,1H3. The van der Waals surface area contributed by atoms with Gasteiger partial charge in [-0.15, -0.1) is 0 Å². The molecule has 2 heterocycles. The fourth-order valence-corrected chi connectivity index (χ4v) is 12.1. The lowest BCUT2D eigenvalue weighted by Crippen LogP contribution is -2.30. The van der Waals surface area contributed by atoms with Crippen molar-refractivity contribution in [1.29, 1.82) is 0 Å². The van der Waals surface area contributed by atoms with E-state index in [1.165, 1.54) is 61.2 Å². The molecule has 11 heteroatoms. The molecule has 4 fully saturated rings. The predicted octanol–water partition coefficient (Wildman–Crippen LogP) is 8.98. The first kappa shape index (κ1) is 45.1. The topological polar surface area (TPSA) is 113 Å². The zero-order chi connectivity index (χ0) is 42.3. The van der Waals surface area contributed by atoms with E-state index in [0.717, 1.165) is 43.6 Å². The van der Waals surface area contributed by atoms with Crippen LogP contribution in [-0.4, -0.2) is 77.4 Å². The number of halogens is 1. The smallest absolute Gasteiger partial charge is 0.232 e. The summed E-state index contributed by atoms with van der Waals surface area (Å²) < 4.78 is 46.9. The van der Waals surface area contributed by atoms with E-state index in [1.54, 1.807) is 6.92 Å². The number of likely N-dealkylation sites (tertiary alicyclic amines) is 2. The molecule has 4 aliphatic rings. The van der Waals surface area contributed by atoms with Crippen molar-refractivity contribution in [1.82, 2.24) is 9.80 Å². The predicted molar refractivity (Wildman–Crippen MR) is 246 cm³/mol. The molecule has 4 atom stereocenters. The summed E-state index contributed by atoms with van der Waals surface area (Å²) in [7, 11) is -1.64. The Bertz CT molecular complexity index is 2160. The highest BCUT2D eigenvalue weighted by Crippen LogP contribution is 2.64. The third kappa shape index (κ3) is 11.7. The maximum atomic E-state index is 12.1. The van der Waals surface area contributed by atoms with Gasteiger partial charge >= 0.3 is 0 Å². The summed E-state index contributed by atoms with van der Waals surface area (Å²) in [6, 6.07) is 38.1. The van der Waals surface area contributed by atoms with Crippen LogP contribution in [-0.2, 0) is 42.7 Å². The number of nitrogens with two attached hydrogens (primary N) is 1. The SMILES string of the molecule is CC1(c2cccc(N)c2)C2CN(CCCc3ccccc3)CC21.CCCS(=O)(=O)Cl.CCCS(=O)(=O)Nc1cccc(C2(C)C3CN(CCCc4ccccc4)CC32)c1. The average Bonchev–Trinajstić information content (AvgIpc) is 3.67. The molecular formula is C48H65ClN4O4S2. The molecule has 2 saturated heterocycles. The number of nitrogen functional groups attached to an aromatic ring is 1. The minimum atomic E-state index is -3.25. The first-order chi connectivity index (χ1) is 28.2. The number of piperidine rings is 2. The number of hydrogen-bond acceptors (Lipinski definition) is 7. The first-order valence-corrected chi connectivity index (χ1v) is 25.7. The second-order valence-corrected chi connectivity index (χ2v) is 22.3. The van der Waals surface area contributed by atoms with Gasteiger partial charge < -0.3 is 15.5 Å². The number of anilines is 2. The lowest BCUT2D eigenvalue weighted by atomic mass is 9.92. The molecule has 2 saturated carbocycles. The number of aryl methyl sites for hydroxylation is 2. The van der Waals surface area contributed by atoms with Crippen molar-refractivity contribution in [3.63, 3.8) is 0 Å². The van der Waals surface area contributed by atoms with Gasteiger partial charge in [0, 0.05) is 59.1 Å². The van der Waals surface area contributed by atoms with E-state index < -0.39 is 19.1 Å². The molecule has 8 nitrogen and oxygen atoms in total. The molecule has 320 valence electrons. The van der Waals surface area contributed by atoms with Gasteiger partial charge in [0.15, 0.2) is 0 Å². The van der Waals surface area contributed by atoms with Crippen LogP contribution in [0, 0.1) is 23.7 Å². The molecule has 59 heavy (non-hydrogen) atoms. The molecule has 2 aliphatic carbocycles. The second kappa shape index (κ2) is 19.5. The van der Waals surface area contributed by atoms with E-state index in [2.05, 4.69) is 113 Å². The third-order valence-electron chi connectivity index (χ3n) is 13.4. The summed E-state index contributed by atoms with van der Waals surface area (Å²) in [6.45, 7) is 15.6. The summed E-state index contributed by atoms with van der Waals surface area (Å²) in [5, 5.41) is 0. The van der Waals surface area contributed by atoms with Crippen molar-refractivity contribution in [3.8, 4) is 0 Å². The maximum Gasteiger partial charge on any atom is 0.232 e. The van der Waals surface area contributed by atoms with Gasteiger partial charge in [0.1, 0.15) is 0 Å². The van der Waals surface area contributed by atoms with Gasteiger partial charge in [0.2, 0.25) is 19.1 Å².